The zero-order chi connectivity index (χ0) is 11.0. The van der Waals surface area contributed by atoms with E-state index in [1.54, 1.807) is 29.0 Å². The molecule has 2 aromatic heterocycles. The van der Waals surface area contributed by atoms with Crippen molar-refractivity contribution in [2.45, 2.75) is 0 Å². The average molecular weight is 211 g/mol. The van der Waals surface area contributed by atoms with Crippen molar-refractivity contribution in [3.8, 4) is 16.9 Å². The highest BCUT2D eigenvalue weighted by atomic mass is 16.3. The summed E-state index contributed by atoms with van der Waals surface area (Å²) in [6, 6.07) is 8.84. The topological polar surface area (TPSA) is 50.4 Å². The second kappa shape index (κ2) is 3.34. The van der Waals surface area contributed by atoms with E-state index in [-0.39, 0.29) is 5.75 Å². The van der Waals surface area contributed by atoms with Crippen LogP contribution in [0.15, 0.2) is 48.9 Å². The van der Waals surface area contributed by atoms with Gasteiger partial charge in [0.25, 0.3) is 0 Å². The summed E-state index contributed by atoms with van der Waals surface area (Å²) in [6.45, 7) is 0. The standard InChI is InChI=1S/C12H9N3O/c16-10-4-2-9(3-5-10)11-8-14-15-7-1-6-13-12(11)15/h1-8,16H. The number of hydrogen-bond acceptors (Lipinski definition) is 3. The first-order chi connectivity index (χ1) is 7.84. The molecular weight excluding hydrogens is 202 g/mol. The minimum Gasteiger partial charge on any atom is -0.508 e. The van der Waals surface area contributed by atoms with Crippen LogP contribution in [0, 0.1) is 0 Å². The molecule has 0 atom stereocenters. The molecule has 4 nitrogen and oxygen atoms in total. The maximum absolute atomic E-state index is 9.23. The fourth-order valence-electron chi connectivity index (χ4n) is 1.67. The highest BCUT2D eigenvalue weighted by Crippen LogP contribution is 2.24. The fourth-order valence-corrected chi connectivity index (χ4v) is 1.67. The molecule has 3 aromatic rings. The number of nitrogens with zero attached hydrogens (tertiary/aromatic N) is 3. The minimum absolute atomic E-state index is 0.258. The molecule has 0 spiro atoms. The molecule has 0 unspecified atom stereocenters. The maximum atomic E-state index is 9.23. The molecule has 0 saturated heterocycles. The molecule has 16 heavy (non-hydrogen) atoms. The molecule has 1 aromatic carbocycles. The normalized spacial score (nSPS) is 10.8. The lowest BCUT2D eigenvalue weighted by atomic mass is 10.1. The molecule has 4 heteroatoms. The third-order valence-electron chi connectivity index (χ3n) is 2.46. The average Bonchev–Trinajstić information content (AvgIpc) is 2.74. The Labute approximate surface area is 91.8 Å². The Hall–Kier alpha value is -2.36. The molecule has 1 N–H and O–H groups in total. The van der Waals surface area contributed by atoms with Gasteiger partial charge in [-0.15, -0.1) is 0 Å². The fraction of sp³-hybridized carbons (Fsp3) is 0. The van der Waals surface area contributed by atoms with Crippen LogP contribution in [-0.4, -0.2) is 19.7 Å². The molecule has 0 aliphatic carbocycles. The number of benzene rings is 1. The van der Waals surface area contributed by atoms with Crippen molar-refractivity contribution in [1.82, 2.24) is 14.6 Å². The molecule has 78 valence electrons. The van der Waals surface area contributed by atoms with Gasteiger partial charge < -0.3 is 5.11 Å². The lowest BCUT2D eigenvalue weighted by molar-refractivity contribution is 0.475. The third-order valence-corrected chi connectivity index (χ3v) is 2.46. The summed E-state index contributed by atoms with van der Waals surface area (Å²) in [5.74, 6) is 0.258. The number of hydrogen-bond donors (Lipinski definition) is 1. The van der Waals surface area contributed by atoms with E-state index in [1.807, 2.05) is 24.4 Å². The Balaban J connectivity index is 2.22. The highest BCUT2D eigenvalue weighted by molar-refractivity contribution is 5.76. The van der Waals surface area contributed by atoms with E-state index in [1.165, 1.54) is 0 Å². The quantitative estimate of drug-likeness (QED) is 0.670. The van der Waals surface area contributed by atoms with Crippen LogP contribution in [-0.2, 0) is 0 Å². The number of phenolic OH excluding ortho intramolecular Hbond substituents is 1. The number of rotatable bonds is 1. The SMILES string of the molecule is Oc1ccc(-c2cnn3cccnc23)cc1. The molecule has 0 aliphatic heterocycles. The Morgan fingerprint density at radius 2 is 1.94 bits per heavy atom. The Morgan fingerprint density at radius 3 is 2.75 bits per heavy atom. The van der Waals surface area contributed by atoms with E-state index in [0.29, 0.717) is 0 Å². The zero-order valence-corrected chi connectivity index (χ0v) is 8.41. The van der Waals surface area contributed by atoms with Crippen LogP contribution < -0.4 is 0 Å². The third kappa shape index (κ3) is 1.32. The summed E-state index contributed by atoms with van der Waals surface area (Å²) in [5.41, 5.74) is 2.76. The van der Waals surface area contributed by atoms with Gasteiger partial charge >= 0.3 is 0 Å². The van der Waals surface area contributed by atoms with Gasteiger partial charge in [-0.2, -0.15) is 5.10 Å². The van der Waals surface area contributed by atoms with Gasteiger partial charge in [-0.05, 0) is 23.8 Å². The smallest absolute Gasteiger partial charge is 0.162 e. The second-order valence-corrected chi connectivity index (χ2v) is 3.49. The van der Waals surface area contributed by atoms with Crippen molar-refractivity contribution < 1.29 is 5.11 Å². The number of aromatic hydroxyl groups is 1. The van der Waals surface area contributed by atoms with Crippen LogP contribution in [0.5, 0.6) is 5.75 Å². The van der Waals surface area contributed by atoms with E-state index < -0.39 is 0 Å². The lowest BCUT2D eigenvalue weighted by Gasteiger charge is -1.98. The molecule has 0 radical (unpaired) electrons. The number of aromatic nitrogens is 3. The Kier molecular flexibility index (Phi) is 1.86. The monoisotopic (exact) mass is 211 g/mol. The van der Waals surface area contributed by atoms with E-state index in [4.69, 9.17) is 0 Å². The van der Waals surface area contributed by atoms with Crippen LogP contribution in [0.3, 0.4) is 0 Å². The molecule has 0 saturated carbocycles. The van der Waals surface area contributed by atoms with E-state index in [9.17, 15) is 5.11 Å². The van der Waals surface area contributed by atoms with Gasteiger partial charge in [-0.1, -0.05) is 12.1 Å². The largest absolute Gasteiger partial charge is 0.508 e. The first kappa shape index (κ1) is 8.91. The van der Waals surface area contributed by atoms with Crippen LogP contribution in [0.4, 0.5) is 0 Å². The van der Waals surface area contributed by atoms with Crippen molar-refractivity contribution >= 4 is 5.65 Å². The Bertz CT molecular complexity index is 628. The maximum Gasteiger partial charge on any atom is 0.162 e. The van der Waals surface area contributed by atoms with Crippen molar-refractivity contribution in [3.05, 3.63) is 48.9 Å². The summed E-state index contributed by atoms with van der Waals surface area (Å²) in [6.07, 6.45) is 5.36. The summed E-state index contributed by atoms with van der Waals surface area (Å²) < 4.78 is 1.72. The minimum atomic E-state index is 0.258. The molecule has 0 bridgehead atoms. The van der Waals surface area contributed by atoms with Crippen molar-refractivity contribution in [2.24, 2.45) is 0 Å². The molecule has 0 aliphatic rings. The highest BCUT2D eigenvalue weighted by Gasteiger charge is 2.06. The van der Waals surface area contributed by atoms with Gasteiger partial charge in [-0.3, -0.25) is 0 Å². The van der Waals surface area contributed by atoms with Crippen molar-refractivity contribution in [1.29, 1.82) is 0 Å². The summed E-state index contributed by atoms with van der Waals surface area (Å²) >= 11 is 0. The van der Waals surface area contributed by atoms with Gasteiger partial charge in [0.15, 0.2) is 5.65 Å². The molecule has 0 amide bonds. The predicted molar refractivity (Wildman–Crippen MR) is 60.1 cm³/mol. The first-order valence-corrected chi connectivity index (χ1v) is 4.92. The Morgan fingerprint density at radius 1 is 1.12 bits per heavy atom. The van der Waals surface area contributed by atoms with Crippen molar-refractivity contribution in [3.63, 3.8) is 0 Å². The van der Waals surface area contributed by atoms with Gasteiger partial charge in [0.05, 0.1) is 6.20 Å². The van der Waals surface area contributed by atoms with E-state index in [0.717, 1.165) is 16.8 Å². The molecule has 0 fully saturated rings. The van der Waals surface area contributed by atoms with Crippen LogP contribution in [0.25, 0.3) is 16.8 Å². The number of phenols is 1. The van der Waals surface area contributed by atoms with Gasteiger partial charge in [0.1, 0.15) is 5.75 Å². The summed E-state index contributed by atoms with van der Waals surface area (Å²) in [5, 5.41) is 13.4. The van der Waals surface area contributed by atoms with Gasteiger partial charge in [-0.25, -0.2) is 9.50 Å². The lowest BCUT2D eigenvalue weighted by Crippen LogP contribution is -1.87. The zero-order valence-electron chi connectivity index (χ0n) is 8.41. The summed E-state index contributed by atoms with van der Waals surface area (Å²) in [4.78, 5) is 4.28. The van der Waals surface area contributed by atoms with Gasteiger partial charge in [0, 0.05) is 18.0 Å². The second-order valence-electron chi connectivity index (χ2n) is 3.49. The van der Waals surface area contributed by atoms with Crippen LogP contribution in [0.2, 0.25) is 0 Å². The van der Waals surface area contributed by atoms with E-state index >= 15 is 0 Å². The summed E-state index contributed by atoms with van der Waals surface area (Å²) in [7, 11) is 0. The molecule has 2 heterocycles. The van der Waals surface area contributed by atoms with Crippen molar-refractivity contribution in [2.75, 3.05) is 0 Å². The number of fused-ring (bicyclic) bond motifs is 1. The molecular formula is C12H9N3O. The van der Waals surface area contributed by atoms with Crippen LogP contribution >= 0.6 is 0 Å². The van der Waals surface area contributed by atoms with E-state index in [2.05, 4.69) is 10.1 Å². The predicted octanol–water partition coefficient (Wildman–Crippen LogP) is 2.10. The van der Waals surface area contributed by atoms with Gasteiger partial charge in [0.2, 0.25) is 0 Å². The first-order valence-electron chi connectivity index (χ1n) is 4.92. The van der Waals surface area contributed by atoms with Crippen LogP contribution in [0.1, 0.15) is 0 Å². The molecule has 3 rings (SSSR count).